The molecule has 234 valence electrons. The summed E-state index contributed by atoms with van der Waals surface area (Å²) in [6.45, 7) is -2.83. The summed E-state index contributed by atoms with van der Waals surface area (Å²) in [6.07, 6.45) is -1.95. The Morgan fingerprint density at radius 1 is 0.864 bits per heavy atom. The number of nitrogens with zero attached hydrogens (tertiary/aromatic N) is 8. The van der Waals surface area contributed by atoms with E-state index >= 15 is 0 Å². The molecule has 0 radical (unpaired) electrons. The molecule has 24 heteroatoms. The number of aromatic nitrogens is 8. The van der Waals surface area contributed by atoms with Crippen LogP contribution < -0.4 is 21.3 Å². The molecule has 1 fully saturated rings. The molecule has 5 unspecified atom stereocenters. The third-order valence-corrected chi connectivity index (χ3v) is 8.93. The first-order valence-corrected chi connectivity index (χ1v) is 15.4. The van der Waals surface area contributed by atoms with Gasteiger partial charge in [-0.15, -0.1) is 0 Å². The van der Waals surface area contributed by atoms with Crippen LogP contribution in [-0.2, 0) is 36.7 Å². The molecular formula is C20H20N10O12P2-2. The van der Waals surface area contributed by atoms with Crippen LogP contribution in [-0.4, -0.2) is 86.9 Å². The number of phosphoric acid groups is 2. The van der Waals surface area contributed by atoms with Crippen molar-refractivity contribution in [1.82, 2.24) is 39.0 Å². The zero-order chi connectivity index (χ0) is 31.0. The van der Waals surface area contributed by atoms with Gasteiger partial charge in [0.15, 0.2) is 52.4 Å². The van der Waals surface area contributed by atoms with E-state index in [0.29, 0.717) is 0 Å². The van der Waals surface area contributed by atoms with Crippen molar-refractivity contribution >= 4 is 49.6 Å². The van der Waals surface area contributed by atoms with Crippen molar-refractivity contribution in [2.45, 2.75) is 30.3 Å². The lowest BCUT2D eigenvalue weighted by Gasteiger charge is -2.37. The second-order valence-corrected chi connectivity index (χ2v) is 12.4. The summed E-state index contributed by atoms with van der Waals surface area (Å²) < 4.78 is 59.9. The molecule has 3 aliphatic heterocycles. The highest BCUT2D eigenvalue weighted by molar-refractivity contribution is 7.46. The molecule has 22 nitrogen and oxygen atoms in total. The van der Waals surface area contributed by atoms with Crippen molar-refractivity contribution in [3.05, 3.63) is 36.8 Å². The van der Waals surface area contributed by atoms with E-state index in [1.165, 1.54) is 21.8 Å². The Balaban J connectivity index is 1.18. The van der Waals surface area contributed by atoms with Crippen LogP contribution >= 0.6 is 15.6 Å². The zero-order valence-electron chi connectivity index (χ0n) is 21.8. The number of ether oxygens (including phenoxy) is 2. The molecule has 0 aliphatic carbocycles. The minimum Gasteiger partial charge on any atom is -0.756 e. The van der Waals surface area contributed by atoms with Crippen molar-refractivity contribution < 1.29 is 56.7 Å². The Morgan fingerprint density at radius 3 is 2.11 bits per heavy atom. The fraction of sp³-hybridized carbons (Fsp3) is 0.400. The predicted octanol–water partition coefficient (Wildman–Crippen LogP) is -2.42. The number of aliphatic hydroxyl groups is 2. The number of aliphatic hydroxyl groups excluding tert-OH is 2. The maximum Gasteiger partial charge on any atom is 0.319 e. The van der Waals surface area contributed by atoms with Crippen LogP contribution in [0.25, 0.3) is 22.3 Å². The zero-order valence-corrected chi connectivity index (χ0v) is 23.6. The monoisotopic (exact) mass is 654 g/mol. The molecule has 0 saturated carbocycles. The maximum absolute atomic E-state index is 13.0. The van der Waals surface area contributed by atoms with Gasteiger partial charge in [-0.05, 0) is 0 Å². The van der Waals surface area contributed by atoms with Crippen LogP contribution in [0.1, 0.15) is 12.5 Å². The van der Waals surface area contributed by atoms with Crippen LogP contribution in [0.2, 0.25) is 0 Å². The van der Waals surface area contributed by atoms with Gasteiger partial charge in [0, 0.05) is 0 Å². The summed E-state index contributed by atoms with van der Waals surface area (Å²) in [5, 5.41) is 22.3. The van der Waals surface area contributed by atoms with Gasteiger partial charge < -0.3 is 59.0 Å². The van der Waals surface area contributed by atoms with Crippen molar-refractivity contribution in [3.8, 4) is 0 Å². The van der Waals surface area contributed by atoms with Crippen LogP contribution in [0.4, 0.5) is 11.6 Å². The number of imidazole rings is 2. The quantitative estimate of drug-likeness (QED) is 0.163. The van der Waals surface area contributed by atoms with Gasteiger partial charge >= 0.3 is 7.82 Å². The van der Waals surface area contributed by atoms with Crippen molar-refractivity contribution in [3.63, 3.8) is 0 Å². The minimum atomic E-state index is -5.43. The van der Waals surface area contributed by atoms with Gasteiger partial charge in [0.1, 0.15) is 42.7 Å². The number of phosphoric ester groups is 2. The average Bonchev–Trinajstić information content (AvgIpc) is 3.73. The van der Waals surface area contributed by atoms with Crippen molar-refractivity contribution in [2.24, 2.45) is 0 Å². The van der Waals surface area contributed by atoms with Gasteiger partial charge in [-0.25, -0.2) is 29.9 Å². The Bertz CT molecular complexity index is 1920. The largest absolute Gasteiger partial charge is 0.756 e. The summed E-state index contributed by atoms with van der Waals surface area (Å²) in [5.74, 6) is -1.23. The SMILES string of the molecule is Nc1ncnc2c1ncn2[C@@H]1OC2=C(OP(=O)([O-])OCC3(CO[C@@H](n4cnc5c(N)ncnc54)C3O)OP(=O)([O-])OC2)C1O. The van der Waals surface area contributed by atoms with E-state index in [1.54, 1.807) is 0 Å². The van der Waals surface area contributed by atoms with E-state index in [9.17, 15) is 29.1 Å². The first kappa shape index (κ1) is 28.9. The smallest absolute Gasteiger partial charge is 0.319 e. The highest BCUT2D eigenvalue weighted by Crippen LogP contribution is 2.54. The highest BCUT2D eigenvalue weighted by Gasteiger charge is 2.55. The molecule has 1 spiro atoms. The lowest BCUT2D eigenvalue weighted by molar-refractivity contribution is -0.250. The summed E-state index contributed by atoms with van der Waals surface area (Å²) in [5.41, 5.74) is 9.78. The number of nitrogen functional groups attached to an aromatic ring is 2. The van der Waals surface area contributed by atoms with Gasteiger partial charge in [0.05, 0.1) is 19.5 Å². The molecule has 44 heavy (non-hydrogen) atoms. The molecule has 0 aromatic carbocycles. The molecule has 1 saturated heterocycles. The molecule has 6 N–H and O–H groups in total. The first-order chi connectivity index (χ1) is 20.9. The van der Waals surface area contributed by atoms with Gasteiger partial charge in [-0.2, -0.15) is 0 Å². The van der Waals surface area contributed by atoms with E-state index < -0.39 is 77.2 Å². The lowest BCUT2D eigenvalue weighted by atomic mass is 10.0. The second kappa shape index (κ2) is 10.1. The molecule has 4 aromatic rings. The maximum atomic E-state index is 13.0. The molecule has 7 rings (SSSR count). The third kappa shape index (κ3) is 4.68. The Hall–Kier alpha value is -3.82. The van der Waals surface area contributed by atoms with Gasteiger partial charge in [0.2, 0.25) is 6.23 Å². The number of fused-ring (bicyclic) bond motifs is 2. The van der Waals surface area contributed by atoms with Crippen molar-refractivity contribution in [1.29, 1.82) is 0 Å². The van der Waals surface area contributed by atoms with Gasteiger partial charge in [-0.3, -0.25) is 18.3 Å². The van der Waals surface area contributed by atoms with Crippen LogP contribution in [0.5, 0.6) is 0 Å². The Kier molecular flexibility index (Phi) is 6.64. The number of anilines is 2. The molecule has 0 amide bonds. The fourth-order valence-corrected chi connectivity index (χ4v) is 6.81. The summed E-state index contributed by atoms with van der Waals surface area (Å²) in [7, 11) is -10.8. The number of nitrogens with two attached hydrogens (primary N) is 2. The standard InChI is InChI=1S/C20H22N10O12P2/c21-14-9-16(25-4-23-14)29(6-27-9)18-11(31)12-8(40-18)1-38-44(35,36)42-20(3-39-43(33,34)41-12)2-37-19(13(20)32)30-7-28-10-15(22)24-5-26-17(10)30/h4-7,11,13,18-19,31-32H,1-3H2,(H,33,34)(H,35,36)(H2,21,23,25)(H2,22,24,26)/p-2/t11?,13?,18-,19-,20?/m1/s1. The first-order valence-electron chi connectivity index (χ1n) is 12.4. The predicted molar refractivity (Wildman–Crippen MR) is 136 cm³/mol. The fourth-order valence-electron chi connectivity index (χ4n) is 4.95. The van der Waals surface area contributed by atoms with Crippen LogP contribution in [0.3, 0.4) is 0 Å². The number of hydrogen-bond acceptors (Lipinski definition) is 20. The lowest BCUT2D eigenvalue weighted by Crippen LogP contribution is -2.49. The molecule has 7 atom stereocenters. The molecule has 0 bridgehead atoms. The third-order valence-electron chi connectivity index (χ3n) is 7.03. The minimum absolute atomic E-state index is 0.0196. The second-order valence-electron chi connectivity index (χ2n) is 9.74. The molecule has 4 aromatic heterocycles. The van der Waals surface area contributed by atoms with Crippen molar-refractivity contribution in [2.75, 3.05) is 31.3 Å². The van der Waals surface area contributed by atoms with E-state index in [0.717, 1.165) is 12.7 Å². The summed E-state index contributed by atoms with van der Waals surface area (Å²) in [6, 6.07) is 0. The van der Waals surface area contributed by atoms with E-state index in [-0.39, 0.29) is 34.0 Å². The summed E-state index contributed by atoms with van der Waals surface area (Å²) in [4.78, 5) is 49.9. The Morgan fingerprint density at radius 2 is 1.48 bits per heavy atom. The van der Waals surface area contributed by atoms with Gasteiger partial charge in [-0.1, -0.05) is 0 Å². The molecule has 3 aliphatic rings. The highest BCUT2D eigenvalue weighted by atomic mass is 31.2. The normalized spacial score (nSPS) is 34.6. The molecular weight excluding hydrogens is 634 g/mol. The number of hydrogen-bond donors (Lipinski definition) is 4. The van der Waals surface area contributed by atoms with E-state index in [2.05, 4.69) is 29.9 Å². The summed E-state index contributed by atoms with van der Waals surface area (Å²) >= 11 is 0. The van der Waals surface area contributed by atoms with Crippen LogP contribution in [0.15, 0.2) is 36.8 Å². The number of rotatable bonds is 2. The topological polar surface area (TPSA) is 315 Å². The van der Waals surface area contributed by atoms with Crippen LogP contribution in [0, 0.1) is 0 Å². The Labute approximate surface area is 244 Å². The average molecular weight is 654 g/mol. The van der Waals surface area contributed by atoms with E-state index in [4.69, 9.17) is 39.0 Å². The van der Waals surface area contributed by atoms with E-state index in [1.807, 2.05) is 0 Å². The molecule has 7 heterocycles. The van der Waals surface area contributed by atoms with Gasteiger partial charge in [0.25, 0.3) is 7.82 Å².